The van der Waals surface area contributed by atoms with Gasteiger partial charge in [-0.1, -0.05) is 124 Å². The third-order valence-electron chi connectivity index (χ3n) is 8.88. The van der Waals surface area contributed by atoms with E-state index in [2.05, 4.69) is 116 Å². The highest BCUT2D eigenvalue weighted by Gasteiger charge is 2.29. The average molecular weight is 817 g/mol. The predicted molar refractivity (Wildman–Crippen MR) is 239 cm³/mol. The van der Waals surface area contributed by atoms with Crippen molar-refractivity contribution in [3.8, 4) is 0 Å². The second kappa shape index (κ2) is 37.6. The van der Waals surface area contributed by atoms with Crippen LogP contribution in [0.15, 0.2) is 97.2 Å². The number of carbonyl (C=O) groups excluding carboxylic acids is 1. The molecule has 0 fully saturated rings. The summed E-state index contributed by atoms with van der Waals surface area (Å²) in [6, 6.07) is -1.13. The zero-order valence-corrected chi connectivity index (χ0v) is 37.3. The molecule has 0 aromatic rings. The summed E-state index contributed by atoms with van der Waals surface area (Å²) in [7, 11) is 1.05. The van der Waals surface area contributed by atoms with Crippen molar-refractivity contribution in [3.63, 3.8) is 0 Å². The van der Waals surface area contributed by atoms with Crippen molar-refractivity contribution >= 4 is 13.7 Å². The van der Waals surface area contributed by atoms with Gasteiger partial charge in [-0.05, 0) is 103 Å². The first-order valence-electron chi connectivity index (χ1n) is 21.7. The summed E-state index contributed by atoms with van der Waals surface area (Å²) in [5.74, 6) is -0.341. The number of nitrogens with zero attached hydrogens (tertiary/aromatic N) is 1. The largest absolute Gasteiger partial charge is 0.756 e. The van der Waals surface area contributed by atoms with Crippen molar-refractivity contribution in [2.45, 2.75) is 154 Å². The Labute approximate surface area is 348 Å². The second-order valence-corrected chi connectivity index (χ2v) is 16.8. The number of unbranched alkanes of at least 4 members (excludes halogenated alkanes) is 7. The number of phosphoric ester groups is 1. The number of aliphatic hydroxyl groups is 2. The van der Waals surface area contributed by atoms with Crippen molar-refractivity contribution < 1.29 is 38.0 Å². The van der Waals surface area contributed by atoms with Crippen molar-refractivity contribution in [1.82, 2.24) is 5.32 Å². The van der Waals surface area contributed by atoms with Gasteiger partial charge in [0.1, 0.15) is 19.3 Å². The van der Waals surface area contributed by atoms with E-state index in [1.165, 1.54) is 19.3 Å². The summed E-state index contributed by atoms with van der Waals surface area (Å²) in [6.45, 7) is 4.19. The standard InChI is InChI=1S/C47H81N2O7P/c1-6-8-10-12-14-16-18-20-21-22-23-24-25-26-27-28-30-32-34-36-38-40-46(51)48-44(43-56-57(53,54)55-42-41-49(3,4)5)47(52)45(50)39-37-35-33-31-29-19-17-15-13-11-9-7-2/h8,10,14-17,20-21,23-24,26-27,30-33,44-45,47,50,52H,6-7,9,11-13,18-19,22,25,28-29,34-43H2,1-5H3,(H-,48,51,53,54)/b10-8-,16-14-,17-15+,21-20-,24-23-,27-26-,32-30-,33-31+. The van der Waals surface area contributed by atoms with E-state index in [1.807, 2.05) is 21.1 Å². The van der Waals surface area contributed by atoms with Gasteiger partial charge in [-0.15, -0.1) is 0 Å². The summed E-state index contributed by atoms with van der Waals surface area (Å²) in [4.78, 5) is 25.3. The minimum Gasteiger partial charge on any atom is -0.756 e. The topological polar surface area (TPSA) is 128 Å². The lowest BCUT2D eigenvalue weighted by molar-refractivity contribution is -0.870. The van der Waals surface area contributed by atoms with Crippen LogP contribution in [0.2, 0.25) is 0 Å². The van der Waals surface area contributed by atoms with E-state index in [4.69, 9.17) is 9.05 Å². The fourth-order valence-corrected chi connectivity index (χ4v) is 6.11. The summed E-state index contributed by atoms with van der Waals surface area (Å²) in [5, 5.41) is 24.5. The quantitative estimate of drug-likeness (QED) is 0.0247. The van der Waals surface area contributed by atoms with Crippen LogP contribution in [0.1, 0.15) is 136 Å². The lowest BCUT2D eigenvalue weighted by Crippen LogP contribution is -2.51. The number of rotatable bonds is 37. The molecular weight excluding hydrogens is 735 g/mol. The highest BCUT2D eigenvalue weighted by molar-refractivity contribution is 7.45. The van der Waals surface area contributed by atoms with E-state index in [1.54, 1.807) is 0 Å². The molecule has 1 amide bonds. The molecule has 0 radical (unpaired) electrons. The van der Waals surface area contributed by atoms with Crippen molar-refractivity contribution in [1.29, 1.82) is 0 Å². The Balaban J connectivity index is 4.66. The minimum atomic E-state index is -4.69. The van der Waals surface area contributed by atoms with E-state index < -0.39 is 32.7 Å². The molecule has 9 nitrogen and oxygen atoms in total. The Morgan fingerprint density at radius 1 is 0.649 bits per heavy atom. The first-order valence-corrected chi connectivity index (χ1v) is 23.1. The number of allylic oxidation sites excluding steroid dienone is 16. The molecule has 0 aliphatic carbocycles. The van der Waals surface area contributed by atoms with E-state index >= 15 is 0 Å². The van der Waals surface area contributed by atoms with Crippen molar-refractivity contribution in [3.05, 3.63) is 97.2 Å². The monoisotopic (exact) mass is 817 g/mol. The molecule has 0 saturated carbocycles. The molecule has 4 unspecified atom stereocenters. The second-order valence-electron chi connectivity index (χ2n) is 15.4. The summed E-state index contributed by atoms with van der Waals surface area (Å²) >= 11 is 0. The Kier molecular flexibility index (Phi) is 35.9. The Morgan fingerprint density at radius 2 is 1.11 bits per heavy atom. The van der Waals surface area contributed by atoms with Crippen LogP contribution in [-0.4, -0.2) is 79.8 Å². The van der Waals surface area contributed by atoms with Gasteiger partial charge in [0.15, 0.2) is 0 Å². The number of amides is 1. The molecule has 0 heterocycles. The van der Waals surface area contributed by atoms with Crippen LogP contribution in [0.5, 0.6) is 0 Å². The number of carbonyl (C=O) groups is 1. The molecule has 0 aliphatic heterocycles. The van der Waals surface area contributed by atoms with E-state index in [-0.39, 0.29) is 25.4 Å². The molecular formula is C47H81N2O7P. The predicted octanol–water partition coefficient (Wildman–Crippen LogP) is 10.3. The molecule has 57 heavy (non-hydrogen) atoms. The van der Waals surface area contributed by atoms with Gasteiger partial charge in [-0.2, -0.15) is 0 Å². The van der Waals surface area contributed by atoms with Crippen LogP contribution in [0.25, 0.3) is 0 Å². The van der Waals surface area contributed by atoms with Gasteiger partial charge in [-0.25, -0.2) is 0 Å². The van der Waals surface area contributed by atoms with Gasteiger partial charge in [0.05, 0.1) is 39.9 Å². The molecule has 0 spiro atoms. The first kappa shape index (κ1) is 54.4. The minimum absolute atomic E-state index is 0.0635. The third kappa shape index (κ3) is 38.7. The fraction of sp³-hybridized carbons (Fsp3) is 0.638. The fourth-order valence-electron chi connectivity index (χ4n) is 5.39. The van der Waals surface area contributed by atoms with E-state index in [0.29, 0.717) is 23.9 Å². The number of aliphatic hydroxyl groups excluding tert-OH is 2. The molecule has 0 aliphatic rings. The molecule has 326 valence electrons. The Hall–Kier alpha value is -2.62. The smallest absolute Gasteiger partial charge is 0.268 e. The SMILES string of the molecule is CC/C=C\C/C=C\C/C=C\C/C=C\C/C=C\C/C=C\CCCCC(=O)NC(COP(=O)([O-])OCC[N+](C)(C)C)C(O)C(O)CCC/C=C/CC/C=C/CCCCC. The molecule has 0 aromatic heterocycles. The maximum atomic E-state index is 12.9. The van der Waals surface area contributed by atoms with Crippen LogP contribution in [0.3, 0.4) is 0 Å². The third-order valence-corrected chi connectivity index (χ3v) is 9.84. The van der Waals surface area contributed by atoms with Crippen LogP contribution in [0, 0.1) is 0 Å². The van der Waals surface area contributed by atoms with Gasteiger partial charge in [-0.3, -0.25) is 9.36 Å². The summed E-state index contributed by atoms with van der Waals surface area (Å²) < 4.78 is 23.1. The maximum absolute atomic E-state index is 12.9. The maximum Gasteiger partial charge on any atom is 0.268 e. The lowest BCUT2D eigenvalue weighted by Gasteiger charge is -2.31. The number of hydrogen-bond acceptors (Lipinski definition) is 7. The van der Waals surface area contributed by atoms with Crippen LogP contribution in [-0.2, 0) is 18.4 Å². The van der Waals surface area contributed by atoms with E-state index in [9.17, 15) is 24.5 Å². The zero-order valence-electron chi connectivity index (χ0n) is 36.4. The number of phosphoric acid groups is 1. The van der Waals surface area contributed by atoms with Crippen LogP contribution >= 0.6 is 7.82 Å². The zero-order chi connectivity index (χ0) is 42.3. The summed E-state index contributed by atoms with van der Waals surface area (Å²) in [5.41, 5.74) is 0. The highest BCUT2D eigenvalue weighted by atomic mass is 31.2. The number of likely N-dealkylation sites (N-methyl/N-ethyl adjacent to an activating group) is 1. The molecule has 3 N–H and O–H groups in total. The van der Waals surface area contributed by atoms with Gasteiger partial charge < -0.3 is 34.0 Å². The normalized spacial score (nSPS) is 15.9. The van der Waals surface area contributed by atoms with Gasteiger partial charge >= 0.3 is 0 Å². The highest BCUT2D eigenvalue weighted by Crippen LogP contribution is 2.38. The van der Waals surface area contributed by atoms with E-state index in [0.717, 1.165) is 77.0 Å². The average Bonchev–Trinajstić information content (AvgIpc) is 3.16. The summed E-state index contributed by atoms with van der Waals surface area (Å²) in [6.07, 6.45) is 48.8. The molecule has 10 heteroatoms. The molecule has 4 atom stereocenters. The molecule has 0 bridgehead atoms. The van der Waals surface area contributed by atoms with Gasteiger partial charge in [0, 0.05) is 6.42 Å². The number of nitrogens with one attached hydrogen (secondary N) is 1. The van der Waals surface area contributed by atoms with Crippen molar-refractivity contribution in [2.75, 3.05) is 40.9 Å². The lowest BCUT2D eigenvalue weighted by atomic mass is 10.0. The number of hydrogen-bond donors (Lipinski definition) is 3. The first-order chi connectivity index (χ1) is 27.4. The van der Waals surface area contributed by atoms with Crippen LogP contribution in [0.4, 0.5) is 0 Å². The van der Waals surface area contributed by atoms with Gasteiger partial charge in [0.25, 0.3) is 7.82 Å². The Bertz CT molecular complexity index is 1260. The van der Waals surface area contributed by atoms with Crippen molar-refractivity contribution in [2.24, 2.45) is 0 Å². The molecule has 0 saturated heterocycles. The van der Waals surface area contributed by atoms with Crippen LogP contribution < -0.4 is 10.2 Å². The Morgan fingerprint density at radius 3 is 1.61 bits per heavy atom. The molecule has 0 aromatic carbocycles. The van der Waals surface area contributed by atoms with Gasteiger partial charge in [0.2, 0.25) is 5.91 Å². The number of quaternary nitrogens is 1. The molecule has 0 rings (SSSR count).